The molecule has 3 aromatic rings. The van der Waals surface area contributed by atoms with Crippen molar-refractivity contribution >= 4 is 45.7 Å². The second kappa shape index (κ2) is 9.56. The standard InChI is InChI=1S/C23H23Cl2NO4/c1-13(9-21(27)26-7-8-28-3)17-11-18-19(16-6-5-15(24)10-20(16)25)12-30-23(18)14(2)22(17)29-4/h5-6,9-12H,7-8H2,1-4H3,(H,26,27)/b13-9+. The van der Waals surface area contributed by atoms with Crippen LogP contribution in [0, 0.1) is 6.92 Å². The van der Waals surface area contributed by atoms with Gasteiger partial charge >= 0.3 is 0 Å². The molecule has 0 aliphatic rings. The first-order chi connectivity index (χ1) is 14.4. The van der Waals surface area contributed by atoms with Gasteiger partial charge in [-0.3, -0.25) is 4.79 Å². The van der Waals surface area contributed by atoms with E-state index in [0.29, 0.717) is 34.5 Å². The minimum Gasteiger partial charge on any atom is -0.496 e. The van der Waals surface area contributed by atoms with Gasteiger partial charge in [0.1, 0.15) is 11.3 Å². The van der Waals surface area contributed by atoms with E-state index in [1.807, 2.05) is 26.0 Å². The van der Waals surface area contributed by atoms with E-state index in [1.165, 1.54) is 0 Å². The van der Waals surface area contributed by atoms with Crippen molar-refractivity contribution in [2.45, 2.75) is 13.8 Å². The summed E-state index contributed by atoms with van der Waals surface area (Å²) < 4.78 is 16.5. The van der Waals surface area contributed by atoms with Crippen molar-refractivity contribution in [2.75, 3.05) is 27.4 Å². The third-order valence-corrected chi connectivity index (χ3v) is 5.40. The van der Waals surface area contributed by atoms with Crippen molar-refractivity contribution in [1.29, 1.82) is 0 Å². The largest absolute Gasteiger partial charge is 0.496 e. The van der Waals surface area contributed by atoms with Gasteiger partial charge in [-0.2, -0.15) is 0 Å². The zero-order valence-corrected chi connectivity index (χ0v) is 18.8. The highest BCUT2D eigenvalue weighted by atomic mass is 35.5. The lowest BCUT2D eigenvalue weighted by atomic mass is 9.96. The molecule has 1 heterocycles. The number of aryl methyl sites for hydroxylation is 1. The van der Waals surface area contributed by atoms with Crippen molar-refractivity contribution in [1.82, 2.24) is 5.32 Å². The zero-order chi connectivity index (χ0) is 21.8. The summed E-state index contributed by atoms with van der Waals surface area (Å²) in [6.45, 7) is 4.68. The number of hydrogen-bond donors (Lipinski definition) is 1. The fourth-order valence-corrected chi connectivity index (χ4v) is 3.90. The maximum atomic E-state index is 12.2. The number of methoxy groups -OCH3 is 2. The van der Waals surface area contributed by atoms with Crippen LogP contribution in [0.4, 0.5) is 0 Å². The smallest absolute Gasteiger partial charge is 0.244 e. The molecule has 5 nitrogen and oxygen atoms in total. The van der Waals surface area contributed by atoms with E-state index in [4.69, 9.17) is 37.1 Å². The van der Waals surface area contributed by atoms with Gasteiger partial charge in [-0.1, -0.05) is 29.3 Å². The topological polar surface area (TPSA) is 60.7 Å². The van der Waals surface area contributed by atoms with Crippen molar-refractivity contribution in [3.8, 4) is 16.9 Å². The van der Waals surface area contributed by atoms with Crippen LogP contribution in [0.3, 0.4) is 0 Å². The van der Waals surface area contributed by atoms with E-state index < -0.39 is 0 Å². The van der Waals surface area contributed by atoms with Gasteiger partial charge < -0.3 is 19.2 Å². The fourth-order valence-electron chi connectivity index (χ4n) is 3.39. The van der Waals surface area contributed by atoms with Crippen LogP contribution < -0.4 is 10.1 Å². The summed E-state index contributed by atoms with van der Waals surface area (Å²) in [4.78, 5) is 12.2. The number of benzene rings is 2. The number of hydrogen-bond acceptors (Lipinski definition) is 4. The van der Waals surface area contributed by atoms with Gasteiger partial charge in [-0.05, 0) is 37.6 Å². The van der Waals surface area contributed by atoms with Gasteiger partial charge in [0.15, 0.2) is 0 Å². The summed E-state index contributed by atoms with van der Waals surface area (Å²) in [5.41, 5.74) is 4.77. The van der Waals surface area contributed by atoms with Crippen LogP contribution in [0.5, 0.6) is 5.75 Å². The Morgan fingerprint density at radius 1 is 1.20 bits per heavy atom. The highest BCUT2D eigenvalue weighted by Crippen LogP contribution is 2.42. The molecule has 0 saturated heterocycles. The minimum absolute atomic E-state index is 0.197. The lowest BCUT2D eigenvalue weighted by Gasteiger charge is -2.13. The van der Waals surface area contributed by atoms with Crippen LogP contribution in [-0.4, -0.2) is 33.3 Å². The fraction of sp³-hybridized carbons (Fsp3) is 0.261. The van der Waals surface area contributed by atoms with Crippen LogP contribution in [0.1, 0.15) is 18.1 Å². The van der Waals surface area contributed by atoms with E-state index in [9.17, 15) is 4.79 Å². The molecule has 1 N–H and O–H groups in total. The molecule has 0 spiro atoms. The van der Waals surface area contributed by atoms with Crippen LogP contribution in [0.15, 0.2) is 41.0 Å². The minimum atomic E-state index is -0.197. The summed E-state index contributed by atoms with van der Waals surface area (Å²) in [7, 11) is 3.19. The molecule has 0 fully saturated rings. The number of halogens is 2. The molecular formula is C23H23Cl2NO4. The Balaban J connectivity index is 2.11. The SMILES string of the molecule is COCCNC(=O)/C=C(\C)c1cc2c(-c3ccc(Cl)cc3Cl)coc2c(C)c1OC. The molecule has 0 atom stereocenters. The Labute approximate surface area is 185 Å². The van der Waals surface area contributed by atoms with E-state index in [1.54, 1.807) is 38.7 Å². The predicted octanol–water partition coefficient (Wildman–Crippen LogP) is 5.89. The van der Waals surface area contributed by atoms with Gasteiger partial charge in [-0.15, -0.1) is 0 Å². The number of carbonyl (C=O) groups is 1. The quantitative estimate of drug-likeness (QED) is 0.362. The lowest BCUT2D eigenvalue weighted by molar-refractivity contribution is -0.116. The number of amides is 1. The third-order valence-electron chi connectivity index (χ3n) is 4.85. The number of ether oxygens (including phenoxy) is 2. The lowest BCUT2D eigenvalue weighted by Crippen LogP contribution is -2.25. The maximum absolute atomic E-state index is 12.2. The highest BCUT2D eigenvalue weighted by Gasteiger charge is 2.19. The molecule has 1 aromatic heterocycles. The van der Waals surface area contributed by atoms with Gasteiger partial charge in [-0.25, -0.2) is 0 Å². The van der Waals surface area contributed by atoms with E-state index in [0.717, 1.165) is 33.2 Å². The molecule has 158 valence electrons. The molecule has 0 saturated carbocycles. The third kappa shape index (κ3) is 4.48. The molecule has 1 amide bonds. The summed E-state index contributed by atoms with van der Waals surface area (Å²) in [5, 5.41) is 4.76. The van der Waals surface area contributed by atoms with Gasteiger partial charge in [0.2, 0.25) is 5.91 Å². The highest BCUT2D eigenvalue weighted by molar-refractivity contribution is 6.36. The van der Waals surface area contributed by atoms with E-state index in [-0.39, 0.29) is 5.91 Å². The Hall–Kier alpha value is -2.47. The number of fused-ring (bicyclic) bond motifs is 1. The number of carbonyl (C=O) groups excluding carboxylic acids is 1. The Bertz CT molecular complexity index is 1120. The molecule has 7 heteroatoms. The predicted molar refractivity (Wildman–Crippen MR) is 121 cm³/mol. The summed E-state index contributed by atoms with van der Waals surface area (Å²) in [5.74, 6) is 0.460. The molecule has 30 heavy (non-hydrogen) atoms. The zero-order valence-electron chi connectivity index (χ0n) is 17.3. The Morgan fingerprint density at radius 3 is 2.63 bits per heavy atom. The summed E-state index contributed by atoms with van der Waals surface area (Å²) in [6.07, 6.45) is 3.22. The number of furan rings is 1. The molecule has 3 rings (SSSR count). The summed E-state index contributed by atoms with van der Waals surface area (Å²) >= 11 is 12.5. The maximum Gasteiger partial charge on any atom is 0.244 e. The second-order valence-electron chi connectivity index (χ2n) is 6.84. The van der Waals surface area contributed by atoms with E-state index in [2.05, 4.69) is 5.32 Å². The first-order valence-corrected chi connectivity index (χ1v) is 10.1. The average molecular weight is 448 g/mol. The summed E-state index contributed by atoms with van der Waals surface area (Å²) in [6, 6.07) is 7.30. The normalized spacial score (nSPS) is 11.7. The second-order valence-corrected chi connectivity index (χ2v) is 7.69. The molecule has 0 unspecified atom stereocenters. The van der Waals surface area contributed by atoms with Crippen LogP contribution in [0.25, 0.3) is 27.7 Å². The average Bonchev–Trinajstić information content (AvgIpc) is 3.12. The monoisotopic (exact) mass is 447 g/mol. The van der Waals surface area contributed by atoms with E-state index >= 15 is 0 Å². The van der Waals surface area contributed by atoms with Gasteiger partial charge in [0.05, 0.1) is 25.0 Å². The molecule has 2 aromatic carbocycles. The molecule has 0 aliphatic heterocycles. The van der Waals surface area contributed by atoms with Crippen LogP contribution in [-0.2, 0) is 9.53 Å². The number of allylic oxidation sites excluding steroid dienone is 1. The Morgan fingerprint density at radius 2 is 1.97 bits per heavy atom. The molecule has 0 radical (unpaired) electrons. The first-order valence-electron chi connectivity index (χ1n) is 9.37. The van der Waals surface area contributed by atoms with Crippen molar-refractivity contribution in [3.05, 3.63) is 57.8 Å². The van der Waals surface area contributed by atoms with Crippen LogP contribution >= 0.6 is 23.2 Å². The van der Waals surface area contributed by atoms with Crippen molar-refractivity contribution in [3.63, 3.8) is 0 Å². The van der Waals surface area contributed by atoms with Gasteiger partial charge in [0.25, 0.3) is 0 Å². The first kappa shape index (κ1) is 22.2. The number of rotatable bonds is 7. The molecular weight excluding hydrogens is 425 g/mol. The molecule has 0 bridgehead atoms. The Kier molecular flexibility index (Phi) is 7.08. The van der Waals surface area contributed by atoms with Crippen molar-refractivity contribution in [2.24, 2.45) is 0 Å². The van der Waals surface area contributed by atoms with Gasteiger partial charge in [0, 0.05) is 52.4 Å². The number of nitrogens with one attached hydrogen (secondary N) is 1. The molecule has 0 aliphatic carbocycles. The van der Waals surface area contributed by atoms with Crippen LogP contribution in [0.2, 0.25) is 10.0 Å². The van der Waals surface area contributed by atoms with Crippen molar-refractivity contribution < 1.29 is 18.7 Å².